The molecule has 11 aromatic rings. The molecule has 0 bridgehead atoms. The molecule has 0 fully saturated rings. The second-order valence-corrected chi connectivity index (χ2v) is 15.8. The fourth-order valence-corrected chi connectivity index (χ4v) is 10.6. The van der Waals surface area contributed by atoms with Crippen LogP contribution in [0.3, 0.4) is 0 Å². The molecule has 2 heteroatoms. The van der Waals surface area contributed by atoms with Crippen molar-refractivity contribution in [3.05, 3.63) is 229 Å². The lowest BCUT2D eigenvalue weighted by molar-refractivity contribution is 0.803. The lowest BCUT2D eigenvalue weighted by atomic mass is 9.69. The fraction of sp³-hybridized carbons (Fsp3) is 0.0179. The molecule has 268 valence electrons. The van der Waals surface area contributed by atoms with E-state index < -0.39 is 5.41 Å². The van der Waals surface area contributed by atoms with E-state index in [2.05, 4.69) is 211 Å². The van der Waals surface area contributed by atoms with Crippen molar-refractivity contribution in [2.75, 3.05) is 0 Å². The molecular weight excluding hydrogens is 701 g/mol. The first-order valence-electron chi connectivity index (χ1n) is 20.1. The number of imidazole rings is 1. The monoisotopic (exact) mass is 734 g/mol. The zero-order valence-electron chi connectivity index (χ0n) is 31.5. The average Bonchev–Trinajstić information content (AvgIpc) is 3.93. The van der Waals surface area contributed by atoms with Gasteiger partial charge in [-0.2, -0.15) is 0 Å². The van der Waals surface area contributed by atoms with Gasteiger partial charge >= 0.3 is 0 Å². The number of hydrogen-bond donors (Lipinski definition) is 0. The Morgan fingerprint density at radius 2 is 0.983 bits per heavy atom. The number of aromatic nitrogens is 2. The van der Waals surface area contributed by atoms with Crippen molar-refractivity contribution in [1.82, 2.24) is 9.55 Å². The predicted octanol–water partition coefficient (Wildman–Crippen LogP) is 14.2. The summed E-state index contributed by atoms with van der Waals surface area (Å²) in [5.74, 6) is 0.944. The van der Waals surface area contributed by atoms with Gasteiger partial charge in [-0.3, -0.25) is 4.57 Å². The molecule has 0 aliphatic heterocycles. The van der Waals surface area contributed by atoms with Crippen molar-refractivity contribution in [1.29, 1.82) is 0 Å². The minimum Gasteiger partial charge on any atom is -0.292 e. The summed E-state index contributed by atoms with van der Waals surface area (Å²) < 4.78 is 2.28. The highest BCUT2D eigenvalue weighted by molar-refractivity contribution is 6.20. The Balaban J connectivity index is 1.03. The first-order chi connectivity index (χ1) is 28.8. The molecule has 2 aliphatic carbocycles. The molecule has 2 nitrogen and oxygen atoms in total. The van der Waals surface area contributed by atoms with Gasteiger partial charge in [0.2, 0.25) is 0 Å². The van der Waals surface area contributed by atoms with Gasteiger partial charge in [-0.25, -0.2) is 4.98 Å². The van der Waals surface area contributed by atoms with E-state index in [1.807, 2.05) is 0 Å². The van der Waals surface area contributed by atoms with Gasteiger partial charge in [0.05, 0.1) is 16.4 Å². The molecule has 2 aliphatic rings. The zero-order valence-corrected chi connectivity index (χ0v) is 31.5. The van der Waals surface area contributed by atoms with E-state index in [0.717, 1.165) is 28.1 Å². The van der Waals surface area contributed by atoms with Gasteiger partial charge < -0.3 is 0 Å². The first-order valence-corrected chi connectivity index (χ1v) is 20.1. The molecule has 0 saturated heterocycles. The van der Waals surface area contributed by atoms with Gasteiger partial charge in [-0.1, -0.05) is 164 Å². The molecule has 0 N–H and O–H groups in total. The van der Waals surface area contributed by atoms with Crippen LogP contribution in [-0.2, 0) is 5.41 Å². The SMILES string of the molecule is c1ccc(-c2nc3ccccc3n2-c2ccc(-c3ccc4cc5c(cc4c3)C3(c4ccccc4-c4ccccc43)c3c-5c4ccccc4c4ccccc34)cc2)cc1. The third-order valence-corrected chi connectivity index (χ3v) is 13.0. The number of benzene rings is 10. The summed E-state index contributed by atoms with van der Waals surface area (Å²) in [7, 11) is 0. The molecule has 0 atom stereocenters. The van der Waals surface area contributed by atoms with Crippen LogP contribution in [0.2, 0.25) is 0 Å². The minimum absolute atomic E-state index is 0.461. The van der Waals surface area contributed by atoms with Crippen LogP contribution in [0, 0.1) is 0 Å². The van der Waals surface area contributed by atoms with E-state index in [1.165, 1.54) is 88.0 Å². The molecule has 0 saturated carbocycles. The Morgan fingerprint density at radius 1 is 0.379 bits per heavy atom. The van der Waals surface area contributed by atoms with Gasteiger partial charge in [0.25, 0.3) is 0 Å². The molecule has 10 aromatic carbocycles. The standard InChI is InChI=1S/C56H34N2/c1-2-14-36(15-3-1)55-57-51-24-12-13-25-52(51)58(55)40-30-28-35(29-31-40)37-26-27-38-33-47-50(34-39(38)32-37)56(48-22-10-8-18-43(48)44-19-9-11-23-49(44)56)54-46-21-7-5-17-42(46)41-16-4-6-20-45(41)53(47)54/h1-34H. The maximum atomic E-state index is 5.07. The number of rotatable bonds is 3. The Bertz CT molecular complexity index is 3450. The third kappa shape index (κ3) is 4.13. The van der Waals surface area contributed by atoms with Crippen molar-refractivity contribution < 1.29 is 0 Å². The number of hydrogen-bond acceptors (Lipinski definition) is 1. The van der Waals surface area contributed by atoms with Crippen molar-refractivity contribution in [2.45, 2.75) is 5.41 Å². The summed E-state index contributed by atoms with van der Waals surface area (Å²) >= 11 is 0. The van der Waals surface area contributed by atoms with Crippen LogP contribution in [0.1, 0.15) is 22.3 Å². The molecule has 1 heterocycles. The van der Waals surface area contributed by atoms with Crippen LogP contribution >= 0.6 is 0 Å². The zero-order chi connectivity index (χ0) is 38.0. The van der Waals surface area contributed by atoms with E-state index in [4.69, 9.17) is 4.98 Å². The molecule has 58 heavy (non-hydrogen) atoms. The number of fused-ring (bicyclic) bond motifs is 17. The quantitative estimate of drug-likeness (QED) is 0.165. The van der Waals surface area contributed by atoms with Crippen molar-refractivity contribution in [3.8, 4) is 50.5 Å². The maximum absolute atomic E-state index is 5.07. The molecule has 0 amide bonds. The molecule has 1 aromatic heterocycles. The topological polar surface area (TPSA) is 17.8 Å². The van der Waals surface area contributed by atoms with Crippen LogP contribution in [0.4, 0.5) is 0 Å². The van der Waals surface area contributed by atoms with Crippen LogP contribution in [-0.4, -0.2) is 9.55 Å². The third-order valence-electron chi connectivity index (χ3n) is 13.0. The van der Waals surface area contributed by atoms with Crippen molar-refractivity contribution >= 4 is 43.4 Å². The molecular formula is C56H34N2. The van der Waals surface area contributed by atoms with Crippen LogP contribution in [0.15, 0.2) is 206 Å². The van der Waals surface area contributed by atoms with Gasteiger partial charge in [0.15, 0.2) is 0 Å². The van der Waals surface area contributed by atoms with E-state index in [1.54, 1.807) is 0 Å². The van der Waals surface area contributed by atoms with Gasteiger partial charge in [-0.15, -0.1) is 0 Å². The Kier molecular flexibility index (Phi) is 6.40. The first kappa shape index (κ1) is 31.6. The Morgan fingerprint density at radius 3 is 1.74 bits per heavy atom. The highest BCUT2D eigenvalue weighted by Gasteiger charge is 2.53. The molecule has 13 rings (SSSR count). The van der Waals surface area contributed by atoms with Crippen LogP contribution < -0.4 is 0 Å². The van der Waals surface area contributed by atoms with E-state index in [9.17, 15) is 0 Å². The van der Waals surface area contributed by atoms with Gasteiger partial charge in [0.1, 0.15) is 5.82 Å². The second kappa shape index (κ2) is 11.7. The molecule has 1 spiro atoms. The van der Waals surface area contributed by atoms with Crippen molar-refractivity contribution in [2.24, 2.45) is 0 Å². The summed E-state index contributed by atoms with van der Waals surface area (Å²) in [5, 5.41) is 7.74. The Labute approximate surface area is 335 Å². The summed E-state index contributed by atoms with van der Waals surface area (Å²) in [6.45, 7) is 0. The number of nitrogens with zero attached hydrogens (tertiary/aromatic N) is 2. The largest absolute Gasteiger partial charge is 0.292 e. The lowest BCUT2D eigenvalue weighted by Gasteiger charge is -2.32. The lowest BCUT2D eigenvalue weighted by Crippen LogP contribution is -2.26. The summed E-state index contributed by atoms with van der Waals surface area (Å²) in [5.41, 5.74) is 17.0. The fourth-order valence-electron chi connectivity index (χ4n) is 10.6. The smallest absolute Gasteiger partial charge is 0.145 e. The molecule has 0 unspecified atom stereocenters. The highest BCUT2D eigenvalue weighted by atomic mass is 15.1. The normalized spacial score (nSPS) is 13.3. The van der Waals surface area contributed by atoms with E-state index in [-0.39, 0.29) is 0 Å². The average molecular weight is 735 g/mol. The number of para-hydroxylation sites is 2. The minimum atomic E-state index is -0.461. The van der Waals surface area contributed by atoms with Gasteiger partial charge in [-0.05, 0) is 130 Å². The predicted molar refractivity (Wildman–Crippen MR) is 241 cm³/mol. The molecule has 0 radical (unpaired) electrons. The van der Waals surface area contributed by atoms with Crippen molar-refractivity contribution in [3.63, 3.8) is 0 Å². The summed E-state index contributed by atoms with van der Waals surface area (Å²) in [6, 6.07) is 76.2. The van der Waals surface area contributed by atoms with Crippen LogP contribution in [0.25, 0.3) is 93.8 Å². The summed E-state index contributed by atoms with van der Waals surface area (Å²) in [6.07, 6.45) is 0. The maximum Gasteiger partial charge on any atom is 0.145 e. The van der Waals surface area contributed by atoms with Crippen LogP contribution in [0.5, 0.6) is 0 Å². The van der Waals surface area contributed by atoms with E-state index in [0.29, 0.717) is 0 Å². The summed E-state index contributed by atoms with van der Waals surface area (Å²) in [4.78, 5) is 5.07. The second-order valence-electron chi connectivity index (χ2n) is 15.8. The Hall–Kier alpha value is -7.55. The van der Waals surface area contributed by atoms with Gasteiger partial charge in [0, 0.05) is 11.3 Å². The highest BCUT2D eigenvalue weighted by Crippen LogP contribution is 2.65. The van der Waals surface area contributed by atoms with E-state index >= 15 is 0 Å².